The molecule has 3 nitrogen and oxygen atoms in total. The Morgan fingerprint density at radius 2 is 1.91 bits per heavy atom. The molecule has 0 aromatic carbocycles. The highest BCUT2D eigenvalue weighted by molar-refractivity contribution is 7.46. The quantitative estimate of drug-likeness (QED) is 0.397. The molecular formula is C2H10B3Cl2N3Si. The molecule has 0 spiro atoms. The van der Waals surface area contributed by atoms with Crippen molar-refractivity contribution in [1.29, 1.82) is 0 Å². The topological polar surface area (TPSA) is 36.1 Å². The van der Waals surface area contributed by atoms with Crippen LogP contribution in [0.25, 0.3) is 0 Å². The molecule has 0 unspecified atom stereocenters. The van der Waals surface area contributed by atoms with Crippen molar-refractivity contribution in [3.63, 3.8) is 0 Å². The third-order valence-electron chi connectivity index (χ3n) is 1.51. The predicted octanol–water partition coefficient (Wildman–Crippen LogP) is -1.12. The first kappa shape index (κ1) is 9.96. The number of hydrogen-bond donors (Lipinski definition) is 3. The van der Waals surface area contributed by atoms with Crippen molar-refractivity contribution in [2.45, 2.75) is 12.5 Å². The normalized spacial score (nSPS) is 19.0. The number of hydrogen-bond acceptors (Lipinski definition) is 3. The molecule has 1 aliphatic rings. The minimum absolute atomic E-state index is 0.280. The lowest BCUT2D eigenvalue weighted by molar-refractivity contribution is 1.22. The Hall–Kier alpha value is 0.872. The van der Waals surface area contributed by atoms with Crippen LogP contribution in [-0.4, -0.2) is 28.8 Å². The lowest BCUT2D eigenvalue weighted by Crippen LogP contribution is -2.64. The molecule has 9 heteroatoms. The average Bonchev–Trinajstić information content (AvgIpc) is 1.85. The van der Waals surface area contributed by atoms with Crippen molar-refractivity contribution in [1.82, 2.24) is 15.4 Å². The molecule has 1 rings (SSSR count). The highest BCUT2D eigenvalue weighted by Crippen LogP contribution is 2.19. The summed E-state index contributed by atoms with van der Waals surface area (Å²) >= 11 is 11.9. The van der Waals surface area contributed by atoms with Gasteiger partial charge in [0, 0.05) is 0 Å². The fourth-order valence-corrected chi connectivity index (χ4v) is 2.96. The van der Waals surface area contributed by atoms with E-state index in [1.165, 1.54) is 0 Å². The van der Waals surface area contributed by atoms with Gasteiger partial charge in [-0.15, -0.1) is 22.2 Å². The summed E-state index contributed by atoms with van der Waals surface area (Å²) in [7, 11) is 1.66. The second-order valence-electron chi connectivity index (χ2n) is 2.84. The Bertz CT molecular complexity index is 126. The Morgan fingerprint density at radius 3 is 2.36 bits per heavy atom. The van der Waals surface area contributed by atoms with Gasteiger partial charge in [-0.1, -0.05) is 0 Å². The van der Waals surface area contributed by atoms with E-state index in [-0.39, 0.29) is 6.98 Å². The zero-order valence-electron chi connectivity index (χ0n) is 6.45. The Kier molecular flexibility index (Phi) is 3.81. The first-order valence-electron chi connectivity index (χ1n) is 3.63. The minimum Gasteiger partial charge on any atom is -0.378 e. The molecule has 0 bridgehead atoms. The standard InChI is InChI=1S/C2H10B3Cl2N3Si/c1-11(6,7)2-5-9-3-8-4-10-5/h3-4,8-10H,2H2,1H3. The smallest absolute Gasteiger partial charge is 0.283 e. The van der Waals surface area contributed by atoms with Gasteiger partial charge >= 0.3 is 0 Å². The van der Waals surface area contributed by atoms with Crippen LogP contribution in [-0.2, 0) is 0 Å². The molecule has 3 N–H and O–H groups in total. The maximum Gasteiger partial charge on any atom is 0.283 e. The maximum atomic E-state index is 5.97. The van der Waals surface area contributed by atoms with E-state index < -0.39 is 6.69 Å². The summed E-state index contributed by atoms with van der Waals surface area (Å²) < 4.78 is 0. The molecule has 0 aromatic rings. The van der Waals surface area contributed by atoms with Crippen LogP contribution in [0.4, 0.5) is 0 Å². The van der Waals surface area contributed by atoms with Crippen molar-refractivity contribution in [2.24, 2.45) is 0 Å². The molecule has 0 radical (unpaired) electrons. The fraction of sp³-hybridized carbons (Fsp3) is 1.00. The predicted molar refractivity (Wildman–Crippen MR) is 57.6 cm³/mol. The summed E-state index contributed by atoms with van der Waals surface area (Å²) in [5.41, 5.74) is 0. The largest absolute Gasteiger partial charge is 0.378 e. The van der Waals surface area contributed by atoms with E-state index in [1.807, 2.05) is 6.55 Å². The van der Waals surface area contributed by atoms with Gasteiger partial charge in [-0.3, -0.25) is 0 Å². The SMILES string of the molecule is C[Si](Cl)(Cl)CB1NBNBN1. The van der Waals surface area contributed by atoms with Crippen molar-refractivity contribution in [3.8, 4) is 0 Å². The van der Waals surface area contributed by atoms with Gasteiger partial charge in [-0.25, -0.2) is 0 Å². The van der Waals surface area contributed by atoms with E-state index in [2.05, 4.69) is 15.4 Å². The van der Waals surface area contributed by atoms with Crippen molar-refractivity contribution < 1.29 is 0 Å². The Morgan fingerprint density at radius 1 is 1.36 bits per heavy atom. The molecule has 1 aliphatic heterocycles. The van der Waals surface area contributed by atoms with E-state index in [0.717, 1.165) is 21.0 Å². The van der Waals surface area contributed by atoms with E-state index in [9.17, 15) is 0 Å². The van der Waals surface area contributed by atoms with Gasteiger partial charge in [-0.2, -0.15) is 0 Å². The van der Waals surface area contributed by atoms with Crippen molar-refractivity contribution >= 4 is 50.9 Å². The highest BCUT2D eigenvalue weighted by Gasteiger charge is 2.30. The second-order valence-corrected chi connectivity index (χ2v) is 11.0. The average molecular weight is 208 g/mol. The van der Waals surface area contributed by atoms with Gasteiger partial charge < -0.3 is 15.4 Å². The minimum atomic E-state index is -1.95. The fourth-order valence-electron chi connectivity index (χ4n) is 1.03. The maximum absolute atomic E-state index is 5.97. The van der Waals surface area contributed by atoms with Crippen LogP contribution >= 0.6 is 22.2 Å². The molecule has 0 aliphatic carbocycles. The molecule has 0 atom stereocenters. The zero-order valence-corrected chi connectivity index (χ0v) is 8.97. The Labute approximate surface area is 79.1 Å². The van der Waals surface area contributed by atoms with Crippen LogP contribution in [0.15, 0.2) is 0 Å². The summed E-state index contributed by atoms with van der Waals surface area (Å²) in [5.74, 6) is 0.845. The summed E-state index contributed by atoms with van der Waals surface area (Å²) in [6, 6.07) is 0. The van der Waals surface area contributed by atoms with Gasteiger partial charge in [0.05, 0.1) is 0 Å². The first-order chi connectivity index (χ1) is 5.08. The van der Waals surface area contributed by atoms with Crippen LogP contribution in [0.5, 0.6) is 0 Å². The van der Waals surface area contributed by atoms with Crippen LogP contribution in [0, 0.1) is 0 Å². The highest BCUT2D eigenvalue weighted by atomic mass is 35.7. The summed E-state index contributed by atoms with van der Waals surface area (Å²) in [4.78, 5) is 0. The number of halogens is 2. The summed E-state index contributed by atoms with van der Waals surface area (Å²) in [6.45, 7) is 0.260. The molecular weight excluding hydrogens is 197 g/mol. The van der Waals surface area contributed by atoms with Crippen LogP contribution < -0.4 is 15.4 Å². The van der Waals surface area contributed by atoms with Gasteiger partial charge in [0.15, 0.2) is 0 Å². The first-order valence-corrected chi connectivity index (χ1v) is 8.36. The lowest BCUT2D eigenvalue weighted by Gasteiger charge is -2.23. The molecule has 0 saturated carbocycles. The molecule has 0 amide bonds. The molecule has 1 fully saturated rings. The number of nitrogens with one attached hydrogen (secondary N) is 3. The van der Waals surface area contributed by atoms with E-state index in [1.54, 1.807) is 0 Å². The van der Waals surface area contributed by atoms with Crippen LogP contribution in [0.1, 0.15) is 0 Å². The summed E-state index contributed by atoms with van der Waals surface area (Å²) in [5, 5.41) is 9.55. The lowest BCUT2D eigenvalue weighted by atomic mass is 9.67. The molecule has 0 aromatic heterocycles. The van der Waals surface area contributed by atoms with Gasteiger partial charge in [0.1, 0.15) is 0 Å². The van der Waals surface area contributed by atoms with E-state index in [4.69, 9.17) is 22.2 Å². The molecule has 60 valence electrons. The van der Waals surface area contributed by atoms with Crippen molar-refractivity contribution in [2.75, 3.05) is 0 Å². The van der Waals surface area contributed by atoms with Gasteiger partial charge in [-0.05, 0) is 12.5 Å². The third kappa shape index (κ3) is 4.45. The van der Waals surface area contributed by atoms with Gasteiger partial charge in [0.25, 0.3) is 22.1 Å². The summed E-state index contributed by atoms with van der Waals surface area (Å²) in [6.07, 6.45) is 0. The molecule has 1 saturated heterocycles. The molecule has 11 heavy (non-hydrogen) atoms. The van der Waals surface area contributed by atoms with E-state index >= 15 is 0 Å². The monoisotopic (exact) mass is 207 g/mol. The number of rotatable bonds is 2. The second kappa shape index (κ2) is 4.21. The molecule has 1 heterocycles. The van der Waals surface area contributed by atoms with Crippen molar-refractivity contribution in [3.05, 3.63) is 0 Å². The Balaban J connectivity index is 2.24. The van der Waals surface area contributed by atoms with E-state index in [0.29, 0.717) is 0 Å². The van der Waals surface area contributed by atoms with Crippen LogP contribution in [0.3, 0.4) is 0 Å². The van der Waals surface area contributed by atoms with Gasteiger partial charge in [0.2, 0.25) is 6.69 Å². The zero-order chi connectivity index (χ0) is 8.32. The third-order valence-corrected chi connectivity index (χ3v) is 3.56. The van der Waals surface area contributed by atoms with Crippen LogP contribution in [0.2, 0.25) is 12.5 Å².